The van der Waals surface area contributed by atoms with Crippen LogP contribution in [0.4, 0.5) is 0 Å². The van der Waals surface area contributed by atoms with Crippen LogP contribution in [0.2, 0.25) is 0 Å². The molecule has 0 atom stereocenters. The summed E-state index contributed by atoms with van der Waals surface area (Å²) >= 11 is 0. The predicted octanol–water partition coefficient (Wildman–Crippen LogP) is 3.86. The fourth-order valence-electron chi connectivity index (χ4n) is 3.72. The van der Waals surface area contributed by atoms with Gasteiger partial charge in [0, 0.05) is 19.4 Å². The fourth-order valence-corrected chi connectivity index (χ4v) is 3.72. The molecule has 2 aromatic rings. The third-order valence-corrected chi connectivity index (χ3v) is 5.39. The number of carbonyl (C=O) groups excluding carboxylic acids is 1. The van der Waals surface area contributed by atoms with E-state index in [1.807, 2.05) is 6.20 Å². The van der Waals surface area contributed by atoms with Crippen LogP contribution in [0.1, 0.15) is 60.6 Å². The summed E-state index contributed by atoms with van der Waals surface area (Å²) in [7, 11) is 1.61. The first-order chi connectivity index (χ1) is 14.3. The highest BCUT2D eigenvalue weighted by atomic mass is 16.5. The lowest BCUT2D eigenvalue weighted by Gasteiger charge is -2.22. The molecule has 29 heavy (non-hydrogen) atoms. The molecule has 2 aliphatic rings. The minimum atomic E-state index is 0.382. The molecule has 7 nitrogen and oxygen atoms in total. The van der Waals surface area contributed by atoms with E-state index in [9.17, 15) is 4.79 Å². The number of ether oxygens (including phenoxy) is 3. The third-order valence-electron chi connectivity index (χ3n) is 5.39. The van der Waals surface area contributed by atoms with Gasteiger partial charge in [-0.2, -0.15) is 5.10 Å². The molecule has 0 aromatic carbocycles. The molecule has 0 unspecified atom stereocenters. The Bertz CT molecular complexity index is 886. The molecule has 2 aliphatic carbocycles. The van der Waals surface area contributed by atoms with Gasteiger partial charge in [-0.25, -0.2) is 4.98 Å². The van der Waals surface area contributed by atoms with Gasteiger partial charge in [0.1, 0.15) is 19.0 Å². The maximum Gasteiger partial charge on any atom is 0.214 e. The van der Waals surface area contributed by atoms with E-state index in [4.69, 9.17) is 14.2 Å². The number of pyridine rings is 1. The topological polar surface area (TPSA) is 75.5 Å². The van der Waals surface area contributed by atoms with E-state index in [0.29, 0.717) is 43.1 Å². The van der Waals surface area contributed by atoms with Gasteiger partial charge in [0.25, 0.3) is 0 Å². The van der Waals surface area contributed by atoms with Gasteiger partial charge in [-0.05, 0) is 55.7 Å². The second-order valence-electron chi connectivity index (χ2n) is 7.49. The Morgan fingerprint density at radius 2 is 2.07 bits per heavy atom. The van der Waals surface area contributed by atoms with Crippen LogP contribution in [0, 0.1) is 0 Å². The number of allylic oxidation sites excluding steroid dienone is 1. The molecular formula is C22H27N3O4. The standard InChI is InChI=1S/C22H27N3O4/c1-27-10-11-28-22-12-17(14-26)21(13-23-22)29-15-16-4-2-3-5-19(16)20-8-9-24-25(20)18-6-7-18/h8-9,12-14,18H,2-7,10-11,15H2,1H3. The lowest BCUT2D eigenvalue weighted by Crippen LogP contribution is -2.12. The molecule has 0 N–H and O–H groups in total. The quantitative estimate of drug-likeness (QED) is 0.448. The van der Waals surface area contributed by atoms with Crippen molar-refractivity contribution in [1.29, 1.82) is 0 Å². The molecule has 1 fully saturated rings. The molecule has 4 rings (SSSR count). The van der Waals surface area contributed by atoms with Crippen molar-refractivity contribution >= 4 is 11.9 Å². The zero-order valence-corrected chi connectivity index (χ0v) is 16.8. The molecule has 0 spiro atoms. The SMILES string of the molecule is COCCOc1cc(C=O)c(OCC2=C(c3ccnn3C3CC3)CCCC2)cn1. The molecular weight excluding hydrogens is 370 g/mol. The molecule has 2 aromatic heterocycles. The molecule has 1 saturated carbocycles. The molecule has 0 aliphatic heterocycles. The molecule has 0 saturated heterocycles. The highest BCUT2D eigenvalue weighted by Crippen LogP contribution is 2.39. The average Bonchev–Trinajstić information content (AvgIpc) is 3.49. The minimum Gasteiger partial charge on any atom is -0.487 e. The summed E-state index contributed by atoms with van der Waals surface area (Å²) in [6.45, 7) is 1.30. The number of methoxy groups -OCH3 is 1. The lowest BCUT2D eigenvalue weighted by molar-refractivity contribution is 0.111. The summed E-state index contributed by atoms with van der Waals surface area (Å²) in [4.78, 5) is 15.8. The van der Waals surface area contributed by atoms with E-state index in [2.05, 4.69) is 20.8 Å². The van der Waals surface area contributed by atoms with E-state index in [1.54, 1.807) is 19.4 Å². The Hall–Kier alpha value is -2.67. The lowest BCUT2D eigenvalue weighted by atomic mass is 9.90. The maximum absolute atomic E-state index is 11.5. The average molecular weight is 397 g/mol. The van der Waals surface area contributed by atoms with Gasteiger partial charge >= 0.3 is 0 Å². The summed E-state index contributed by atoms with van der Waals surface area (Å²) < 4.78 is 18.6. The van der Waals surface area contributed by atoms with Crippen molar-refractivity contribution in [2.75, 3.05) is 26.9 Å². The van der Waals surface area contributed by atoms with Gasteiger partial charge in [-0.3, -0.25) is 9.48 Å². The van der Waals surface area contributed by atoms with Crippen molar-refractivity contribution in [2.45, 2.75) is 44.6 Å². The zero-order valence-electron chi connectivity index (χ0n) is 16.8. The summed E-state index contributed by atoms with van der Waals surface area (Å²) in [5.41, 5.74) is 4.30. The Labute approximate surface area is 170 Å². The van der Waals surface area contributed by atoms with Gasteiger partial charge in [0.15, 0.2) is 6.29 Å². The van der Waals surface area contributed by atoms with E-state index < -0.39 is 0 Å². The normalized spacial score (nSPS) is 16.7. The number of aromatic nitrogens is 3. The molecule has 0 radical (unpaired) electrons. The Balaban J connectivity index is 1.50. The second kappa shape index (κ2) is 9.22. The number of hydrogen-bond donors (Lipinski definition) is 0. The Morgan fingerprint density at radius 3 is 2.86 bits per heavy atom. The van der Waals surface area contributed by atoms with Crippen molar-refractivity contribution in [3.05, 3.63) is 41.4 Å². The van der Waals surface area contributed by atoms with Crippen molar-refractivity contribution in [3.63, 3.8) is 0 Å². The number of hydrogen-bond acceptors (Lipinski definition) is 6. The molecule has 0 bridgehead atoms. The summed E-state index contributed by atoms with van der Waals surface area (Å²) in [5, 5.41) is 4.54. The third kappa shape index (κ3) is 4.67. The second-order valence-corrected chi connectivity index (χ2v) is 7.49. The van der Waals surface area contributed by atoms with Crippen LogP contribution >= 0.6 is 0 Å². The largest absolute Gasteiger partial charge is 0.487 e. The summed E-state index contributed by atoms with van der Waals surface area (Å²) in [6, 6.07) is 4.27. The monoisotopic (exact) mass is 397 g/mol. The van der Waals surface area contributed by atoms with Crippen LogP contribution in [0.25, 0.3) is 5.57 Å². The summed E-state index contributed by atoms with van der Waals surface area (Å²) in [6.07, 6.45) is 11.0. The molecule has 154 valence electrons. The predicted molar refractivity (Wildman–Crippen MR) is 108 cm³/mol. The Morgan fingerprint density at radius 1 is 1.21 bits per heavy atom. The van der Waals surface area contributed by atoms with Gasteiger partial charge in [-0.15, -0.1) is 0 Å². The van der Waals surface area contributed by atoms with Gasteiger partial charge in [0.05, 0.1) is 30.1 Å². The first-order valence-electron chi connectivity index (χ1n) is 10.2. The first kappa shape index (κ1) is 19.6. The van der Waals surface area contributed by atoms with Gasteiger partial charge in [-0.1, -0.05) is 0 Å². The minimum absolute atomic E-state index is 0.382. The highest BCUT2D eigenvalue weighted by Gasteiger charge is 2.28. The van der Waals surface area contributed by atoms with E-state index in [-0.39, 0.29) is 0 Å². The van der Waals surface area contributed by atoms with Crippen molar-refractivity contribution in [3.8, 4) is 11.6 Å². The molecule has 7 heteroatoms. The van der Waals surface area contributed by atoms with Crippen LogP contribution in [-0.4, -0.2) is 48.0 Å². The number of rotatable bonds is 10. The van der Waals surface area contributed by atoms with Crippen molar-refractivity contribution in [2.24, 2.45) is 0 Å². The van der Waals surface area contributed by atoms with Crippen LogP contribution in [0.15, 0.2) is 30.1 Å². The Kier molecular flexibility index (Phi) is 6.24. The van der Waals surface area contributed by atoms with Gasteiger partial charge in [0.2, 0.25) is 5.88 Å². The molecule has 0 amide bonds. The van der Waals surface area contributed by atoms with Crippen LogP contribution in [0.5, 0.6) is 11.6 Å². The number of aldehydes is 1. The van der Waals surface area contributed by atoms with Crippen molar-refractivity contribution in [1.82, 2.24) is 14.8 Å². The zero-order chi connectivity index (χ0) is 20.1. The van der Waals surface area contributed by atoms with Gasteiger partial charge < -0.3 is 14.2 Å². The van der Waals surface area contributed by atoms with E-state index in [1.165, 1.54) is 36.1 Å². The number of nitrogens with zero attached hydrogens (tertiary/aromatic N) is 3. The summed E-state index contributed by atoms with van der Waals surface area (Å²) in [5.74, 6) is 0.870. The first-order valence-corrected chi connectivity index (χ1v) is 10.2. The van der Waals surface area contributed by atoms with Crippen LogP contribution in [0.3, 0.4) is 0 Å². The van der Waals surface area contributed by atoms with Crippen molar-refractivity contribution < 1.29 is 19.0 Å². The highest BCUT2D eigenvalue weighted by molar-refractivity contribution is 5.79. The smallest absolute Gasteiger partial charge is 0.214 e. The molecule has 2 heterocycles. The maximum atomic E-state index is 11.5. The van der Waals surface area contributed by atoms with Crippen LogP contribution in [-0.2, 0) is 4.74 Å². The van der Waals surface area contributed by atoms with E-state index >= 15 is 0 Å². The van der Waals surface area contributed by atoms with Crippen LogP contribution < -0.4 is 9.47 Å². The fraction of sp³-hybridized carbons (Fsp3) is 0.500. The number of carbonyl (C=O) groups is 1. The van der Waals surface area contributed by atoms with E-state index in [0.717, 1.165) is 25.5 Å².